The number of likely N-dealkylation sites (tertiary alicyclic amines) is 1. The second kappa shape index (κ2) is 7.18. The lowest BCUT2D eigenvalue weighted by atomic mass is 9.98. The first kappa shape index (κ1) is 17.2. The number of amides is 2. The van der Waals surface area contributed by atoms with Gasteiger partial charge in [0.15, 0.2) is 5.82 Å². The maximum absolute atomic E-state index is 13.4. The Morgan fingerprint density at radius 1 is 1.30 bits per heavy atom. The highest BCUT2D eigenvalue weighted by atomic mass is 19.1. The number of urea groups is 1. The number of aromatic nitrogens is 3. The number of rotatable bonds is 3. The molecule has 0 saturated carbocycles. The molecule has 1 atom stereocenters. The molecule has 0 radical (unpaired) electrons. The number of aryl methyl sites for hydroxylation is 1. The highest BCUT2D eigenvalue weighted by Gasteiger charge is 2.29. The molecule has 0 aliphatic carbocycles. The zero-order valence-electron chi connectivity index (χ0n) is 14.7. The summed E-state index contributed by atoms with van der Waals surface area (Å²) in [5.41, 5.74) is 0.553. The van der Waals surface area contributed by atoms with Gasteiger partial charge < -0.3 is 13.9 Å². The second-order valence-electron chi connectivity index (χ2n) is 6.50. The summed E-state index contributed by atoms with van der Waals surface area (Å²) < 4.78 is 23.7. The van der Waals surface area contributed by atoms with Crippen LogP contribution in [0.2, 0.25) is 0 Å². The van der Waals surface area contributed by atoms with Crippen molar-refractivity contribution in [3.05, 3.63) is 47.8 Å². The van der Waals surface area contributed by atoms with Gasteiger partial charge in [0, 0.05) is 24.7 Å². The van der Waals surface area contributed by atoms with E-state index in [1.54, 1.807) is 30.0 Å². The predicted octanol–water partition coefficient (Wildman–Crippen LogP) is 3.58. The largest absolute Gasteiger partial charge is 0.360 e. The van der Waals surface area contributed by atoms with E-state index in [1.807, 2.05) is 0 Å². The van der Waals surface area contributed by atoms with E-state index in [-0.39, 0.29) is 17.8 Å². The van der Waals surface area contributed by atoms with E-state index >= 15 is 0 Å². The van der Waals surface area contributed by atoms with Crippen molar-refractivity contribution >= 4 is 11.8 Å². The lowest BCUT2D eigenvalue weighted by Crippen LogP contribution is -2.41. The van der Waals surface area contributed by atoms with E-state index in [2.05, 4.69) is 20.6 Å². The number of halogens is 1. The zero-order chi connectivity index (χ0) is 18.8. The molecule has 2 amide bonds. The Labute approximate surface area is 154 Å². The number of carbonyl (C=O) groups excluding carboxylic acids is 1. The third-order valence-electron chi connectivity index (χ3n) is 4.45. The number of carbonyl (C=O) groups is 1. The van der Waals surface area contributed by atoms with Crippen LogP contribution in [0.1, 0.15) is 30.4 Å². The van der Waals surface area contributed by atoms with Crippen molar-refractivity contribution in [1.29, 1.82) is 0 Å². The van der Waals surface area contributed by atoms with Crippen molar-refractivity contribution in [2.75, 3.05) is 18.4 Å². The molecule has 3 aromatic rings. The summed E-state index contributed by atoms with van der Waals surface area (Å²) in [5.74, 6) is 1.36. The Morgan fingerprint density at radius 2 is 2.19 bits per heavy atom. The predicted molar refractivity (Wildman–Crippen MR) is 93.5 cm³/mol. The van der Waals surface area contributed by atoms with Crippen molar-refractivity contribution in [3.63, 3.8) is 0 Å². The molecule has 9 heteroatoms. The molecule has 1 unspecified atom stereocenters. The van der Waals surface area contributed by atoms with Crippen LogP contribution in [0.4, 0.5) is 15.0 Å². The Morgan fingerprint density at radius 3 is 2.96 bits per heavy atom. The Hall–Kier alpha value is -3.23. The number of nitrogens with one attached hydrogen (secondary N) is 1. The molecule has 4 rings (SSSR count). The van der Waals surface area contributed by atoms with Crippen LogP contribution in [0.5, 0.6) is 0 Å². The topological polar surface area (TPSA) is 97.3 Å². The number of benzene rings is 1. The molecule has 140 valence electrons. The monoisotopic (exact) mass is 371 g/mol. The fourth-order valence-electron chi connectivity index (χ4n) is 3.12. The van der Waals surface area contributed by atoms with Crippen molar-refractivity contribution in [3.8, 4) is 11.4 Å². The minimum Gasteiger partial charge on any atom is -0.360 e. The summed E-state index contributed by atoms with van der Waals surface area (Å²) in [6.45, 7) is 2.84. The van der Waals surface area contributed by atoms with E-state index in [1.165, 1.54) is 12.1 Å². The van der Waals surface area contributed by atoms with Crippen molar-refractivity contribution in [2.45, 2.75) is 25.7 Å². The lowest BCUT2D eigenvalue weighted by molar-refractivity contribution is 0.184. The summed E-state index contributed by atoms with van der Waals surface area (Å²) in [4.78, 5) is 18.5. The van der Waals surface area contributed by atoms with Crippen LogP contribution >= 0.6 is 0 Å². The SMILES string of the molecule is Cc1cc(NC(=O)N2CCCC(c3nc(-c4cccc(F)c4)no3)C2)no1. The van der Waals surface area contributed by atoms with E-state index < -0.39 is 0 Å². The first-order valence-corrected chi connectivity index (χ1v) is 8.67. The Balaban J connectivity index is 1.44. The molecular formula is C18H18FN5O3. The zero-order valence-corrected chi connectivity index (χ0v) is 14.7. The summed E-state index contributed by atoms with van der Waals surface area (Å²) in [6, 6.07) is 7.44. The van der Waals surface area contributed by atoms with Crippen LogP contribution in [0.3, 0.4) is 0 Å². The number of hydrogen-bond donors (Lipinski definition) is 1. The average molecular weight is 371 g/mol. The van der Waals surface area contributed by atoms with Crippen LogP contribution in [-0.2, 0) is 0 Å². The van der Waals surface area contributed by atoms with Gasteiger partial charge in [-0.2, -0.15) is 4.98 Å². The van der Waals surface area contributed by atoms with E-state index in [9.17, 15) is 9.18 Å². The number of anilines is 1. The molecule has 1 saturated heterocycles. The molecular weight excluding hydrogens is 353 g/mol. The Kier molecular flexibility index (Phi) is 4.57. The maximum Gasteiger partial charge on any atom is 0.323 e. The molecule has 27 heavy (non-hydrogen) atoms. The van der Waals surface area contributed by atoms with E-state index in [0.717, 1.165) is 12.8 Å². The summed E-state index contributed by atoms with van der Waals surface area (Å²) >= 11 is 0. The van der Waals surface area contributed by atoms with Gasteiger partial charge in [-0.15, -0.1) is 0 Å². The fraction of sp³-hybridized carbons (Fsp3) is 0.333. The minimum atomic E-state index is -0.359. The van der Waals surface area contributed by atoms with E-state index in [0.29, 0.717) is 41.9 Å². The highest BCUT2D eigenvalue weighted by molar-refractivity contribution is 5.88. The molecule has 1 aliphatic heterocycles. The lowest BCUT2D eigenvalue weighted by Gasteiger charge is -2.30. The average Bonchev–Trinajstić information content (AvgIpc) is 3.31. The minimum absolute atomic E-state index is 0.0710. The van der Waals surface area contributed by atoms with Crippen LogP contribution in [-0.4, -0.2) is 39.3 Å². The van der Waals surface area contributed by atoms with Gasteiger partial charge in [-0.3, -0.25) is 5.32 Å². The van der Waals surface area contributed by atoms with Gasteiger partial charge in [0.2, 0.25) is 11.7 Å². The quantitative estimate of drug-likeness (QED) is 0.756. The van der Waals surface area contributed by atoms with Gasteiger partial charge in [0.25, 0.3) is 0 Å². The summed E-state index contributed by atoms with van der Waals surface area (Å²) in [7, 11) is 0. The van der Waals surface area contributed by atoms with Gasteiger partial charge >= 0.3 is 6.03 Å². The second-order valence-corrected chi connectivity index (χ2v) is 6.50. The van der Waals surface area contributed by atoms with E-state index in [4.69, 9.17) is 9.05 Å². The number of piperidine rings is 1. The van der Waals surface area contributed by atoms with Gasteiger partial charge in [-0.25, -0.2) is 9.18 Å². The smallest absolute Gasteiger partial charge is 0.323 e. The van der Waals surface area contributed by atoms with Crippen LogP contribution in [0, 0.1) is 12.7 Å². The van der Waals surface area contributed by atoms with Crippen molar-refractivity contribution in [1.82, 2.24) is 20.2 Å². The van der Waals surface area contributed by atoms with Crippen LogP contribution in [0.25, 0.3) is 11.4 Å². The van der Waals surface area contributed by atoms with Gasteiger partial charge in [-0.1, -0.05) is 22.4 Å². The van der Waals surface area contributed by atoms with Gasteiger partial charge in [0.1, 0.15) is 11.6 Å². The molecule has 8 nitrogen and oxygen atoms in total. The molecule has 2 aromatic heterocycles. The molecule has 1 aromatic carbocycles. The molecule has 1 fully saturated rings. The molecule has 3 heterocycles. The third kappa shape index (κ3) is 3.81. The number of nitrogens with zero attached hydrogens (tertiary/aromatic N) is 4. The van der Waals surface area contributed by atoms with Gasteiger partial charge in [0.05, 0.1) is 5.92 Å². The van der Waals surface area contributed by atoms with Gasteiger partial charge in [-0.05, 0) is 31.9 Å². The van der Waals surface area contributed by atoms with Crippen molar-refractivity contribution in [2.24, 2.45) is 0 Å². The Bertz CT molecular complexity index is 954. The van der Waals surface area contributed by atoms with Crippen LogP contribution in [0.15, 0.2) is 39.4 Å². The normalized spacial score (nSPS) is 17.1. The first-order chi connectivity index (χ1) is 13.1. The summed E-state index contributed by atoms with van der Waals surface area (Å²) in [5, 5.41) is 10.4. The standard InChI is InChI=1S/C18H18FN5O3/c1-11-8-15(22-26-11)20-18(25)24-7-3-5-13(10-24)17-21-16(23-27-17)12-4-2-6-14(19)9-12/h2,4,6,8-9,13H,3,5,7,10H2,1H3,(H,20,22,25). The number of hydrogen-bond acceptors (Lipinski definition) is 6. The molecule has 0 spiro atoms. The summed E-state index contributed by atoms with van der Waals surface area (Å²) in [6.07, 6.45) is 1.64. The third-order valence-corrected chi connectivity index (χ3v) is 4.45. The highest BCUT2D eigenvalue weighted by Crippen LogP contribution is 2.28. The van der Waals surface area contributed by atoms with Crippen molar-refractivity contribution < 1.29 is 18.2 Å². The van der Waals surface area contributed by atoms with Crippen LogP contribution < -0.4 is 5.32 Å². The maximum atomic E-state index is 13.4. The molecule has 1 N–H and O–H groups in total. The molecule has 1 aliphatic rings. The first-order valence-electron chi connectivity index (χ1n) is 8.67. The molecule has 0 bridgehead atoms. The fourth-order valence-corrected chi connectivity index (χ4v) is 3.12.